The zero-order chi connectivity index (χ0) is 15.9. The van der Waals surface area contributed by atoms with Crippen LogP contribution >= 0.6 is 22.9 Å². The van der Waals surface area contributed by atoms with Crippen LogP contribution in [-0.2, 0) is 11.2 Å². The van der Waals surface area contributed by atoms with Crippen molar-refractivity contribution >= 4 is 40.7 Å². The highest BCUT2D eigenvalue weighted by Crippen LogP contribution is 2.17. The molecule has 0 spiro atoms. The van der Waals surface area contributed by atoms with Crippen LogP contribution in [0.2, 0.25) is 5.02 Å². The fourth-order valence-corrected chi connectivity index (χ4v) is 2.95. The Balaban J connectivity index is 1.80. The normalized spacial score (nSPS) is 10.8. The van der Waals surface area contributed by atoms with Gasteiger partial charge in [0.1, 0.15) is 0 Å². The van der Waals surface area contributed by atoms with Gasteiger partial charge in [0.15, 0.2) is 5.78 Å². The minimum atomic E-state index is -0.164. The maximum absolute atomic E-state index is 11.7. The lowest BCUT2D eigenvalue weighted by Crippen LogP contribution is -2.23. The number of carbonyl (C=O) groups is 2. The van der Waals surface area contributed by atoms with Crippen molar-refractivity contribution in [1.82, 2.24) is 5.32 Å². The van der Waals surface area contributed by atoms with Crippen LogP contribution in [0.4, 0.5) is 0 Å². The molecule has 114 valence electrons. The van der Waals surface area contributed by atoms with Gasteiger partial charge in [0, 0.05) is 22.5 Å². The van der Waals surface area contributed by atoms with Crippen molar-refractivity contribution in [2.45, 2.75) is 13.3 Å². The van der Waals surface area contributed by atoms with Gasteiger partial charge in [-0.15, -0.1) is 11.3 Å². The topological polar surface area (TPSA) is 46.2 Å². The predicted octanol–water partition coefficient (Wildman–Crippen LogP) is 3.98. The number of hydrogen-bond acceptors (Lipinski definition) is 3. The highest BCUT2D eigenvalue weighted by Gasteiger charge is 2.04. The Hall–Kier alpha value is -1.91. The lowest BCUT2D eigenvalue weighted by Gasteiger charge is -2.01. The summed E-state index contributed by atoms with van der Waals surface area (Å²) in [6.45, 7) is 2.08. The highest BCUT2D eigenvalue weighted by molar-refractivity contribution is 7.14. The number of rotatable bonds is 6. The van der Waals surface area contributed by atoms with Crippen LogP contribution in [0, 0.1) is 0 Å². The van der Waals surface area contributed by atoms with Crippen molar-refractivity contribution in [1.29, 1.82) is 0 Å². The monoisotopic (exact) mass is 333 g/mol. The molecule has 0 aliphatic carbocycles. The standard InChI is InChI=1S/C17H16ClNO2S/c1-12(20)16-8-7-14(22-16)10-11-19-17(21)9-6-13-4-2-3-5-15(13)18/h2-9H,10-11H2,1H3,(H,19,21). The van der Waals surface area contributed by atoms with Gasteiger partial charge in [-0.05, 0) is 43.2 Å². The second-order valence-corrected chi connectivity index (χ2v) is 6.29. The third kappa shape index (κ3) is 4.83. The van der Waals surface area contributed by atoms with Gasteiger partial charge >= 0.3 is 0 Å². The second kappa shape index (κ2) is 7.92. The number of amides is 1. The van der Waals surface area contributed by atoms with Crippen molar-refractivity contribution in [2.75, 3.05) is 6.54 Å². The van der Waals surface area contributed by atoms with E-state index in [4.69, 9.17) is 11.6 Å². The molecule has 0 radical (unpaired) electrons. The number of nitrogens with one attached hydrogen (secondary N) is 1. The minimum absolute atomic E-state index is 0.0722. The highest BCUT2D eigenvalue weighted by atomic mass is 35.5. The Morgan fingerprint density at radius 2 is 2.00 bits per heavy atom. The van der Waals surface area contributed by atoms with E-state index in [9.17, 15) is 9.59 Å². The molecule has 0 aliphatic heterocycles. The summed E-state index contributed by atoms with van der Waals surface area (Å²) in [7, 11) is 0. The molecule has 1 N–H and O–H groups in total. The van der Waals surface area contributed by atoms with E-state index < -0.39 is 0 Å². The summed E-state index contributed by atoms with van der Waals surface area (Å²) in [5.41, 5.74) is 0.809. The van der Waals surface area contributed by atoms with E-state index in [1.54, 1.807) is 19.1 Å². The van der Waals surface area contributed by atoms with Crippen LogP contribution in [0.1, 0.15) is 27.0 Å². The average Bonchev–Trinajstić information content (AvgIpc) is 2.95. The van der Waals surface area contributed by atoms with E-state index in [0.717, 1.165) is 15.3 Å². The molecule has 1 heterocycles. The number of halogens is 1. The Bertz CT molecular complexity index is 706. The zero-order valence-electron chi connectivity index (χ0n) is 12.1. The molecule has 0 aliphatic rings. The number of hydrogen-bond donors (Lipinski definition) is 1. The fraction of sp³-hybridized carbons (Fsp3) is 0.176. The van der Waals surface area contributed by atoms with E-state index in [1.165, 1.54) is 17.4 Å². The summed E-state index contributed by atoms with van der Waals surface area (Å²) < 4.78 is 0. The van der Waals surface area contributed by atoms with Crippen molar-refractivity contribution < 1.29 is 9.59 Å². The van der Waals surface area contributed by atoms with Gasteiger partial charge in [0.25, 0.3) is 0 Å². The van der Waals surface area contributed by atoms with Crippen molar-refractivity contribution in [2.24, 2.45) is 0 Å². The predicted molar refractivity (Wildman–Crippen MR) is 91.5 cm³/mol. The van der Waals surface area contributed by atoms with Gasteiger partial charge in [-0.3, -0.25) is 9.59 Å². The minimum Gasteiger partial charge on any atom is -0.352 e. The van der Waals surface area contributed by atoms with E-state index in [1.807, 2.05) is 30.3 Å². The Morgan fingerprint density at radius 3 is 2.68 bits per heavy atom. The van der Waals surface area contributed by atoms with Crippen LogP contribution < -0.4 is 5.32 Å². The first-order valence-corrected chi connectivity index (χ1v) is 8.06. The SMILES string of the molecule is CC(=O)c1ccc(CCNC(=O)C=Cc2ccccc2Cl)s1. The molecule has 0 unspecified atom stereocenters. The third-order valence-corrected chi connectivity index (χ3v) is 4.59. The molecular formula is C17H16ClNO2S. The molecule has 1 aromatic carbocycles. The molecule has 5 heteroatoms. The quantitative estimate of drug-likeness (QED) is 0.642. The van der Waals surface area contributed by atoms with E-state index in [2.05, 4.69) is 5.32 Å². The molecule has 0 saturated heterocycles. The lowest BCUT2D eigenvalue weighted by molar-refractivity contribution is -0.116. The summed E-state index contributed by atoms with van der Waals surface area (Å²) >= 11 is 7.48. The lowest BCUT2D eigenvalue weighted by atomic mass is 10.2. The van der Waals surface area contributed by atoms with Crippen LogP contribution in [0.5, 0.6) is 0 Å². The number of benzene rings is 1. The first-order valence-electron chi connectivity index (χ1n) is 6.86. The first-order chi connectivity index (χ1) is 10.6. The van der Waals surface area contributed by atoms with Crippen molar-refractivity contribution in [3.05, 3.63) is 62.8 Å². The molecule has 0 saturated carbocycles. The van der Waals surface area contributed by atoms with Crippen molar-refractivity contribution in [3.63, 3.8) is 0 Å². The van der Waals surface area contributed by atoms with Gasteiger partial charge in [0.2, 0.25) is 5.91 Å². The van der Waals surface area contributed by atoms with Crippen LogP contribution in [0.15, 0.2) is 42.5 Å². The van der Waals surface area contributed by atoms with E-state index in [-0.39, 0.29) is 11.7 Å². The molecule has 1 aromatic heterocycles. The van der Waals surface area contributed by atoms with E-state index >= 15 is 0 Å². The average molecular weight is 334 g/mol. The molecule has 1 amide bonds. The summed E-state index contributed by atoms with van der Waals surface area (Å²) in [5, 5.41) is 3.43. The van der Waals surface area contributed by atoms with Gasteiger partial charge in [-0.2, -0.15) is 0 Å². The molecule has 22 heavy (non-hydrogen) atoms. The number of thiophene rings is 1. The van der Waals surface area contributed by atoms with Crippen LogP contribution in [-0.4, -0.2) is 18.2 Å². The summed E-state index contributed by atoms with van der Waals surface area (Å²) in [6.07, 6.45) is 3.87. The van der Waals surface area contributed by atoms with Gasteiger partial charge in [-0.1, -0.05) is 29.8 Å². The van der Waals surface area contributed by atoms with Gasteiger partial charge < -0.3 is 5.32 Å². The number of ketones is 1. The van der Waals surface area contributed by atoms with Gasteiger partial charge in [-0.25, -0.2) is 0 Å². The molecular weight excluding hydrogens is 318 g/mol. The first kappa shape index (κ1) is 16.5. The molecule has 0 atom stereocenters. The second-order valence-electron chi connectivity index (χ2n) is 4.72. The smallest absolute Gasteiger partial charge is 0.244 e. The largest absolute Gasteiger partial charge is 0.352 e. The van der Waals surface area contributed by atoms with E-state index in [0.29, 0.717) is 18.0 Å². The molecule has 2 rings (SSSR count). The maximum atomic E-state index is 11.7. The maximum Gasteiger partial charge on any atom is 0.244 e. The molecule has 0 fully saturated rings. The Kier molecular flexibility index (Phi) is 5.92. The Morgan fingerprint density at radius 1 is 1.23 bits per heavy atom. The summed E-state index contributed by atoms with van der Waals surface area (Å²) in [4.78, 5) is 24.8. The summed E-state index contributed by atoms with van der Waals surface area (Å²) in [5.74, 6) is -0.0915. The number of carbonyl (C=O) groups excluding carboxylic acids is 2. The van der Waals surface area contributed by atoms with Crippen LogP contribution in [0.25, 0.3) is 6.08 Å². The Labute approximate surface area is 138 Å². The molecule has 3 nitrogen and oxygen atoms in total. The van der Waals surface area contributed by atoms with Gasteiger partial charge in [0.05, 0.1) is 4.88 Å². The molecule has 2 aromatic rings. The third-order valence-electron chi connectivity index (χ3n) is 3.00. The fourth-order valence-electron chi connectivity index (χ4n) is 1.85. The molecule has 0 bridgehead atoms. The number of Topliss-reactive ketones (excluding diaryl/α,β-unsaturated/α-hetero) is 1. The van der Waals surface area contributed by atoms with Crippen molar-refractivity contribution in [3.8, 4) is 0 Å². The van der Waals surface area contributed by atoms with Crippen LogP contribution in [0.3, 0.4) is 0 Å². The zero-order valence-corrected chi connectivity index (χ0v) is 13.7. The summed E-state index contributed by atoms with van der Waals surface area (Å²) in [6, 6.07) is 11.1.